The number of benzene rings is 1. The number of nitrogens with one attached hydrogen (secondary N) is 1. The average Bonchev–Trinajstić information content (AvgIpc) is 2.72. The van der Waals surface area contributed by atoms with Crippen molar-refractivity contribution in [1.29, 1.82) is 0 Å². The largest absolute Gasteiger partial charge is 0.495 e. The Bertz CT molecular complexity index is 1000. The van der Waals surface area contributed by atoms with Crippen molar-refractivity contribution in [2.24, 2.45) is 0 Å². The molecule has 1 saturated heterocycles. The average molecular weight is 453 g/mol. The summed E-state index contributed by atoms with van der Waals surface area (Å²) in [6, 6.07) is 6.41. The second-order valence-electron chi connectivity index (χ2n) is 6.65. The molecule has 0 atom stereocenters. The van der Waals surface area contributed by atoms with Crippen LogP contribution in [0.1, 0.15) is 11.4 Å². The number of carbonyl (C=O) groups excluding carboxylic acids is 1. The van der Waals surface area contributed by atoms with Gasteiger partial charge in [-0.05, 0) is 38.1 Å². The van der Waals surface area contributed by atoms with Gasteiger partial charge in [0.2, 0.25) is 15.9 Å². The van der Waals surface area contributed by atoms with Crippen LogP contribution in [0, 0.1) is 13.8 Å². The third-order valence-electron chi connectivity index (χ3n) is 4.33. The zero-order chi connectivity index (χ0) is 21.7. The van der Waals surface area contributed by atoms with E-state index in [-0.39, 0.29) is 35.4 Å². The zero-order valence-corrected chi connectivity index (χ0v) is 18.7. The number of methoxy groups -OCH3 is 1. The summed E-state index contributed by atoms with van der Waals surface area (Å²) in [7, 11) is -2.37. The lowest BCUT2D eigenvalue weighted by atomic mass is 10.3. The van der Waals surface area contributed by atoms with Crippen LogP contribution in [0.4, 0.5) is 5.69 Å². The first-order valence-electron chi connectivity index (χ1n) is 9.30. The lowest BCUT2D eigenvalue weighted by molar-refractivity contribution is -0.113. The molecule has 2 heterocycles. The molecule has 1 amide bonds. The number of rotatable bonds is 7. The minimum atomic E-state index is -3.78. The molecule has 2 aromatic rings. The maximum atomic E-state index is 13.0. The number of sulfonamides is 1. The van der Waals surface area contributed by atoms with Crippen molar-refractivity contribution in [1.82, 2.24) is 14.3 Å². The summed E-state index contributed by atoms with van der Waals surface area (Å²) in [6.45, 7) is 4.97. The van der Waals surface area contributed by atoms with Crippen LogP contribution in [0.5, 0.6) is 5.75 Å². The molecule has 1 aliphatic rings. The fraction of sp³-hybridized carbons (Fsp3) is 0.421. The number of nitrogens with zero attached hydrogens (tertiary/aromatic N) is 3. The highest BCUT2D eigenvalue weighted by Gasteiger charge is 2.29. The minimum absolute atomic E-state index is 0.00925. The molecule has 3 rings (SSSR count). The molecule has 1 aromatic carbocycles. The van der Waals surface area contributed by atoms with E-state index in [4.69, 9.17) is 9.47 Å². The molecular formula is C19H24N4O5S2. The summed E-state index contributed by atoms with van der Waals surface area (Å²) >= 11 is 1.22. The van der Waals surface area contributed by atoms with Crippen molar-refractivity contribution in [3.63, 3.8) is 0 Å². The summed E-state index contributed by atoms with van der Waals surface area (Å²) in [6.07, 6.45) is 0. The molecule has 0 saturated carbocycles. The van der Waals surface area contributed by atoms with Gasteiger partial charge < -0.3 is 14.8 Å². The highest BCUT2D eigenvalue weighted by atomic mass is 32.2. The predicted octanol–water partition coefficient (Wildman–Crippen LogP) is 1.85. The third kappa shape index (κ3) is 5.48. The standard InChI is InChI=1S/C19H24N4O5S2/c1-13-10-14(2)21-19(20-13)29-12-18(24)22-15-4-5-16(27-3)17(11-15)30(25,26)23-6-8-28-9-7-23/h4-5,10-11H,6-9,12H2,1-3H3,(H,22,24). The van der Waals surface area contributed by atoms with E-state index in [2.05, 4.69) is 15.3 Å². The van der Waals surface area contributed by atoms with E-state index in [0.717, 1.165) is 11.4 Å². The molecule has 1 fully saturated rings. The van der Waals surface area contributed by atoms with Gasteiger partial charge in [-0.2, -0.15) is 4.31 Å². The highest BCUT2D eigenvalue weighted by molar-refractivity contribution is 7.99. The van der Waals surface area contributed by atoms with Crippen LogP contribution < -0.4 is 10.1 Å². The van der Waals surface area contributed by atoms with Crippen LogP contribution in [0.3, 0.4) is 0 Å². The summed E-state index contributed by atoms with van der Waals surface area (Å²) < 4.78 is 37.9. The lowest BCUT2D eigenvalue weighted by Gasteiger charge is -2.26. The van der Waals surface area contributed by atoms with Crippen molar-refractivity contribution in [2.45, 2.75) is 23.9 Å². The number of morpholine rings is 1. The molecule has 30 heavy (non-hydrogen) atoms. The Labute approximate surface area is 180 Å². The zero-order valence-electron chi connectivity index (χ0n) is 17.0. The number of hydrogen-bond donors (Lipinski definition) is 1. The molecule has 0 radical (unpaired) electrons. The second-order valence-corrected chi connectivity index (χ2v) is 9.50. The maximum Gasteiger partial charge on any atom is 0.246 e. The van der Waals surface area contributed by atoms with Gasteiger partial charge in [0.15, 0.2) is 5.16 Å². The van der Waals surface area contributed by atoms with Crippen molar-refractivity contribution < 1.29 is 22.7 Å². The van der Waals surface area contributed by atoms with E-state index in [1.807, 2.05) is 19.9 Å². The Morgan fingerprint density at radius 3 is 2.50 bits per heavy atom. The van der Waals surface area contributed by atoms with Gasteiger partial charge in [0.1, 0.15) is 10.6 Å². The van der Waals surface area contributed by atoms with Crippen molar-refractivity contribution in [3.05, 3.63) is 35.7 Å². The smallest absolute Gasteiger partial charge is 0.246 e. The first-order valence-corrected chi connectivity index (χ1v) is 11.7. The van der Waals surface area contributed by atoms with E-state index in [0.29, 0.717) is 24.1 Å². The number of aromatic nitrogens is 2. The molecule has 1 aromatic heterocycles. The quantitative estimate of drug-likeness (QED) is 0.501. The van der Waals surface area contributed by atoms with Crippen LogP contribution in [0.25, 0.3) is 0 Å². The Hall–Kier alpha value is -2.21. The normalized spacial score (nSPS) is 15.0. The highest BCUT2D eigenvalue weighted by Crippen LogP contribution is 2.30. The molecule has 0 spiro atoms. The number of carbonyl (C=O) groups is 1. The monoisotopic (exact) mass is 452 g/mol. The number of hydrogen-bond acceptors (Lipinski definition) is 8. The topological polar surface area (TPSA) is 111 Å². The summed E-state index contributed by atoms with van der Waals surface area (Å²) in [5.74, 6) is 0.0284. The van der Waals surface area contributed by atoms with Crippen molar-refractivity contribution in [3.8, 4) is 5.75 Å². The van der Waals surface area contributed by atoms with E-state index in [9.17, 15) is 13.2 Å². The molecular weight excluding hydrogens is 428 g/mol. The molecule has 1 N–H and O–H groups in total. The third-order valence-corrected chi connectivity index (χ3v) is 7.10. The Balaban J connectivity index is 1.73. The van der Waals surface area contributed by atoms with Gasteiger partial charge >= 0.3 is 0 Å². The first kappa shape index (κ1) is 22.5. The van der Waals surface area contributed by atoms with Crippen LogP contribution in [-0.2, 0) is 19.6 Å². The molecule has 0 bridgehead atoms. The predicted molar refractivity (Wildman–Crippen MR) is 113 cm³/mol. The van der Waals surface area contributed by atoms with Gasteiger partial charge in [-0.3, -0.25) is 4.79 Å². The second kappa shape index (κ2) is 9.73. The van der Waals surface area contributed by atoms with Crippen molar-refractivity contribution >= 4 is 33.4 Å². The number of thioether (sulfide) groups is 1. The van der Waals surface area contributed by atoms with Gasteiger partial charge in [0, 0.05) is 30.2 Å². The van der Waals surface area contributed by atoms with Gasteiger partial charge in [0.25, 0.3) is 0 Å². The lowest BCUT2D eigenvalue weighted by Crippen LogP contribution is -2.40. The number of ether oxygens (including phenoxy) is 2. The minimum Gasteiger partial charge on any atom is -0.495 e. The van der Waals surface area contributed by atoms with Crippen LogP contribution in [0.15, 0.2) is 34.3 Å². The first-order chi connectivity index (χ1) is 14.3. The number of aryl methyl sites for hydroxylation is 2. The van der Waals surface area contributed by atoms with E-state index in [1.54, 1.807) is 6.07 Å². The van der Waals surface area contributed by atoms with E-state index in [1.165, 1.54) is 35.3 Å². The molecule has 0 unspecified atom stereocenters. The van der Waals surface area contributed by atoms with Crippen molar-refractivity contribution in [2.75, 3.05) is 44.5 Å². The molecule has 1 aliphatic heterocycles. The Kier molecular flexibility index (Phi) is 7.29. The fourth-order valence-electron chi connectivity index (χ4n) is 2.97. The number of amides is 1. The Morgan fingerprint density at radius 2 is 1.87 bits per heavy atom. The van der Waals surface area contributed by atoms with Crippen LogP contribution in [-0.4, -0.2) is 67.8 Å². The Morgan fingerprint density at radius 1 is 1.20 bits per heavy atom. The SMILES string of the molecule is COc1ccc(NC(=O)CSc2nc(C)cc(C)n2)cc1S(=O)(=O)N1CCOCC1. The molecule has 162 valence electrons. The van der Waals surface area contributed by atoms with Crippen LogP contribution >= 0.6 is 11.8 Å². The molecule has 0 aliphatic carbocycles. The maximum absolute atomic E-state index is 13.0. The molecule has 9 nitrogen and oxygen atoms in total. The van der Waals surface area contributed by atoms with E-state index >= 15 is 0 Å². The number of anilines is 1. The molecule has 11 heteroatoms. The summed E-state index contributed by atoms with van der Waals surface area (Å²) in [4.78, 5) is 21.0. The van der Waals surface area contributed by atoms with Gasteiger partial charge in [0.05, 0.1) is 26.1 Å². The van der Waals surface area contributed by atoms with E-state index < -0.39 is 10.0 Å². The fourth-order valence-corrected chi connectivity index (χ4v) is 5.31. The van der Waals surface area contributed by atoms with Crippen LogP contribution in [0.2, 0.25) is 0 Å². The summed E-state index contributed by atoms with van der Waals surface area (Å²) in [5, 5.41) is 3.25. The summed E-state index contributed by atoms with van der Waals surface area (Å²) in [5.41, 5.74) is 2.03. The van der Waals surface area contributed by atoms with Gasteiger partial charge in [-0.25, -0.2) is 18.4 Å². The van der Waals surface area contributed by atoms with Gasteiger partial charge in [-0.1, -0.05) is 11.8 Å². The van der Waals surface area contributed by atoms with Gasteiger partial charge in [-0.15, -0.1) is 0 Å².